The average Bonchev–Trinajstić information content (AvgIpc) is 2.82. The number of aromatic nitrogens is 2. The summed E-state index contributed by atoms with van der Waals surface area (Å²) < 4.78 is 0. The van der Waals surface area contributed by atoms with E-state index in [9.17, 15) is 9.59 Å². The molecular weight excluding hydrogens is 240 g/mol. The first kappa shape index (κ1) is 13.3. The number of nitrogens with one attached hydrogen (secondary N) is 2. The molecule has 100 valence electrons. The Morgan fingerprint density at radius 3 is 1.42 bits per heavy atom. The lowest BCUT2D eigenvalue weighted by molar-refractivity contribution is 0.111. The molecule has 2 aromatic heterocycles. The van der Waals surface area contributed by atoms with Crippen LogP contribution < -0.4 is 0 Å². The predicted octanol–water partition coefficient (Wildman–Crippen LogP) is 2.79. The normalized spacial score (nSPS) is 10.7. The molecule has 2 aromatic rings. The molecule has 0 amide bonds. The van der Waals surface area contributed by atoms with Crippen molar-refractivity contribution in [3.8, 4) is 0 Å². The molecular formula is C15H18N2O2. The highest BCUT2D eigenvalue weighted by molar-refractivity contribution is 5.77. The standard InChI is InChI=1S/C15H18N2O2/c1-8-12(10(3)16-14(8)6-18)5-13-9(2)15(7-19)17-11(13)4/h6-7,16-17H,5H2,1-4H3. The zero-order valence-electron chi connectivity index (χ0n) is 11.7. The Balaban J connectivity index is 2.47. The molecule has 4 heteroatoms. The molecule has 0 radical (unpaired) electrons. The number of rotatable bonds is 4. The average molecular weight is 258 g/mol. The minimum Gasteiger partial charge on any atom is -0.356 e. The van der Waals surface area contributed by atoms with E-state index in [2.05, 4.69) is 9.97 Å². The van der Waals surface area contributed by atoms with Gasteiger partial charge < -0.3 is 9.97 Å². The van der Waals surface area contributed by atoms with E-state index in [1.807, 2.05) is 27.7 Å². The van der Waals surface area contributed by atoms with E-state index < -0.39 is 0 Å². The van der Waals surface area contributed by atoms with Crippen molar-refractivity contribution in [3.05, 3.63) is 45.0 Å². The third-order valence-electron chi connectivity index (χ3n) is 3.85. The van der Waals surface area contributed by atoms with E-state index in [1.54, 1.807) is 0 Å². The van der Waals surface area contributed by atoms with Gasteiger partial charge in [-0.05, 0) is 49.9 Å². The summed E-state index contributed by atoms with van der Waals surface area (Å²) in [4.78, 5) is 28.1. The van der Waals surface area contributed by atoms with Crippen LogP contribution in [0, 0.1) is 27.7 Å². The molecule has 0 saturated carbocycles. The van der Waals surface area contributed by atoms with Gasteiger partial charge in [0.15, 0.2) is 12.6 Å². The maximum absolute atomic E-state index is 10.9. The molecule has 0 bridgehead atoms. The predicted molar refractivity (Wildman–Crippen MR) is 74.1 cm³/mol. The van der Waals surface area contributed by atoms with Gasteiger partial charge >= 0.3 is 0 Å². The van der Waals surface area contributed by atoms with Crippen LogP contribution in [0.5, 0.6) is 0 Å². The van der Waals surface area contributed by atoms with Crippen molar-refractivity contribution in [2.45, 2.75) is 34.1 Å². The van der Waals surface area contributed by atoms with E-state index in [0.29, 0.717) is 11.4 Å². The van der Waals surface area contributed by atoms with Gasteiger partial charge in [0.05, 0.1) is 11.4 Å². The highest BCUT2D eigenvalue weighted by Crippen LogP contribution is 2.25. The first-order chi connectivity index (χ1) is 8.99. The molecule has 19 heavy (non-hydrogen) atoms. The van der Waals surface area contributed by atoms with E-state index in [1.165, 1.54) is 0 Å². The number of aryl methyl sites for hydroxylation is 2. The SMILES string of the molecule is Cc1[nH]c(C=O)c(C)c1Cc1c(C)[nH]c(C=O)c1C. The molecule has 0 saturated heterocycles. The Bertz CT molecular complexity index is 591. The van der Waals surface area contributed by atoms with Crippen LogP contribution >= 0.6 is 0 Å². The molecule has 0 fully saturated rings. The van der Waals surface area contributed by atoms with Crippen LogP contribution in [0.25, 0.3) is 0 Å². The lowest BCUT2D eigenvalue weighted by atomic mass is 9.98. The monoisotopic (exact) mass is 258 g/mol. The molecule has 0 unspecified atom stereocenters. The minimum absolute atomic E-state index is 0.633. The zero-order chi connectivity index (χ0) is 14.2. The van der Waals surface area contributed by atoms with Crippen molar-refractivity contribution in [1.82, 2.24) is 9.97 Å². The fraction of sp³-hybridized carbons (Fsp3) is 0.333. The molecule has 2 N–H and O–H groups in total. The van der Waals surface area contributed by atoms with Crippen LogP contribution in [0.1, 0.15) is 54.6 Å². The van der Waals surface area contributed by atoms with Crippen molar-refractivity contribution >= 4 is 12.6 Å². The van der Waals surface area contributed by atoms with Gasteiger partial charge in [0.25, 0.3) is 0 Å². The summed E-state index contributed by atoms with van der Waals surface area (Å²) in [5.41, 5.74) is 7.51. The van der Waals surface area contributed by atoms with Crippen molar-refractivity contribution in [2.75, 3.05) is 0 Å². The Hall–Kier alpha value is -2.10. The maximum atomic E-state index is 10.9. The van der Waals surface area contributed by atoms with Crippen LogP contribution in [0.3, 0.4) is 0 Å². The molecule has 4 nitrogen and oxygen atoms in total. The number of carbonyl (C=O) groups is 2. The second kappa shape index (κ2) is 4.88. The van der Waals surface area contributed by atoms with Crippen molar-refractivity contribution in [1.29, 1.82) is 0 Å². The second-order valence-corrected chi connectivity index (χ2v) is 4.95. The second-order valence-electron chi connectivity index (χ2n) is 4.95. The third kappa shape index (κ3) is 2.14. The van der Waals surface area contributed by atoms with Crippen LogP contribution in [-0.2, 0) is 6.42 Å². The maximum Gasteiger partial charge on any atom is 0.166 e. The lowest BCUT2D eigenvalue weighted by Crippen LogP contribution is -1.95. The largest absolute Gasteiger partial charge is 0.356 e. The van der Waals surface area contributed by atoms with Crippen LogP contribution in [0.2, 0.25) is 0 Å². The summed E-state index contributed by atoms with van der Waals surface area (Å²) in [6, 6.07) is 0. The van der Waals surface area contributed by atoms with Gasteiger partial charge in [0, 0.05) is 17.8 Å². The molecule has 0 spiro atoms. The van der Waals surface area contributed by atoms with Gasteiger partial charge in [-0.3, -0.25) is 9.59 Å². The minimum atomic E-state index is 0.633. The fourth-order valence-electron chi connectivity index (χ4n) is 2.57. The van der Waals surface area contributed by atoms with Crippen LogP contribution in [0.4, 0.5) is 0 Å². The summed E-state index contributed by atoms with van der Waals surface area (Å²) in [6.07, 6.45) is 2.42. The van der Waals surface area contributed by atoms with Gasteiger partial charge in [-0.15, -0.1) is 0 Å². The molecule has 0 aliphatic carbocycles. The Morgan fingerprint density at radius 2 is 1.16 bits per heavy atom. The summed E-state index contributed by atoms with van der Waals surface area (Å²) in [5, 5.41) is 0. The number of hydrogen-bond acceptors (Lipinski definition) is 2. The van der Waals surface area contributed by atoms with E-state index in [4.69, 9.17) is 0 Å². The highest BCUT2D eigenvalue weighted by atomic mass is 16.1. The third-order valence-corrected chi connectivity index (χ3v) is 3.85. The molecule has 0 aromatic carbocycles. The van der Waals surface area contributed by atoms with Crippen molar-refractivity contribution in [3.63, 3.8) is 0 Å². The first-order valence-electron chi connectivity index (χ1n) is 6.26. The number of carbonyl (C=O) groups excluding carboxylic acids is 2. The molecule has 2 heterocycles. The Morgan fingerprint density at radius 1 is 0.789 bits per heavy atom. The summed E-state index contributed by atoms with van der Waals surface area (Å²) >= 11 is 0. The van der Waals surface area contributed by atoms with E-state index in [0.717, 1.165) is 52.6 Å². The van der Waals surface area contributed by atoms with Crippen molar-refractivity contribution in [2.24, 2.45) is 0 Å². The van der Waals surface area contributed by atoms with E-state index >= 15 is 0 Å². The molecule has 0 atom stereocenters. The lowest BCUT2D eigenvalue weighted by Gasteiger charge is -2.04. The summed E-state index contributed by atoms with van der Waals surface area (Å²) in [7, 11) is 0. The summed E-state index contributed by atoms with van der Waals surface area (Å²) in [5.74, 6) is 0. The number of hydrogen-bond donors (Lipinski definition) is 2. The number of aldehydes is 2. The van der Waals surface area contributed by atoms with Gasteiger partial charge in [-0.2, -0.15) is 0 Å². The Labute approximate surface area is 112 Å². The zero-order valence-corrected chi connectivity index (χ0v) is 11.7. The first-order valence-corrected chi connectivity index (χ1v) is 6.26. The highest BCUT2D eigenvalue weighted by Gasteiger charge is 2.16. The summed E-state index contributed by atoms with van der Waals surface area (Å²) in [6.45, 7) is 7.82. The van der Waals surface area contributed by atoms with Gasteiger partial charge in [0.2, 0.25) is 0 Å². The Kier molecular flexibility index (Phi) is 3.42. The van der Waals surface area contributed by atoms with Crippen LogP contribution in [-0.4, -0.2) is 22.5 Å². The molecule has 2 rings (SSSR count). The number of aromatic amines is 2. The van der Waals surface area contributed by atoms with Gasteiger partial charge in [0.1, 0.15) is 0 Å². The van der Waals surface area contributed by atoms with Gasteiger partial charge in [-0.25, -0.2) is 0 Å². The fourth-order valence-corrected chi connectivity index (χ4v) is 2.57. The smallest absolute Gasteiger partial charge is 0.166 e. The van der Waals surface area contributed by atoms with Gasteiger partial charge in [-0.1, -0.05) is 0 Å². The van der Waals surface area contributed by atoms with Crippen molar-refractivity contribution < 1.29 is 9.59 Å². The quantitative estimate of drug-likeness (QED) is 0.828. The topological polar surface area (TPSA) is 65.7 Å². The van der Waals surface area contributed by atoms with E-state index in [-0.39, 0.29) is 0 Å². The molecule has 0 aliphatic rings. The number of H-pyrrole nitrogens is 2. The molecule has 0 aliphatic heterocycles. The van der Waals surface area contributed by atoms with Crippen LogP contribution in [0.15, 0.2) is 0 Å².